The highest BCUT2D eigenvalue weighted by molar-refractivity contribution is 5.89. The minimum atomic E-state index is -0.272. The van der Waals surface area contributed by atoms with Crippen LogP contribution in [0.15, 0.2) is 54.6 Å². The lowest BCUT2D eigenvalue weighted by Gasteiger charge is -2.05. The standard InChI is InChI=1S/C18H18O3/c19-14-16-11-9-15(10-12-16)6-4-5-13-21-18(20)17-7-2-1-3-8-17/h1-3,7-12,14H,4-6,13H2. The van der Waals surface area contributed by atoms with E-state index >= 15 is 0 Å². The topological polar surface area (TPSA) is 43.4 Å². The van der Waals surface area contributed by atoms with Gasteiger partial charge in [0.25, 0.3) is 0 Å². The first-order valence-corrected chi connectivity index (χ1v) is 7.06. The van der Waals surface area contributed by atoms with E-state index in [1.54, 1.807) is 12.1 Å². The lowest BCUT2D eigenvalue weighted by Crippen LogP contribution is -2.06. The molecule has 0 saturated heterocycles. The second-order valence-corrected chi connectivity index (χ2v) is 4.82. The summed E-state index contributed by atoms with van der Waals surface area (Å²) in [5.74, 6) is -0.272. The van der Waals surface area contributed by atoms with E-state index in [2.05, 4.69) is 0 Å². The van der Waals surface area contributed by atoms with Gasteiger partial charge in [-0.05, 0) is 37.0 Å². The van der Waals surface area contributed by atoms with E-state index in [1.807, 2.05) is 42.5 Å². The van der Waals surface area contributed by atoms with Gasteiger partial charge in [0.15, 0.2) is 0 Å². The first-order chi connectivity index (χ1) is 10.3. The molecule has 0 aliphatic rings. The van der Waals surface area contributed by atoms with Crippen molar-refractivity contribution < 1.29 is 14.3 Å². The van der Waals surface area contributed by atoms with Crippen molar-refractivity contribution in [1.29, 1.82) is 0 Å². The van der Waals surface area contributed by atoms with Crippen molar-refractivity contribution in [2.24, 2.45) is 0 Å². The second-order valence-electron chi connectivity index (χ2n) is 4.82. The lowest BCUT2D eigenvalue weighted by molar-refractivity contribution is 0.0498. The van der Waals surface area contributed by atoms with E-state index < -0.39 is 0 Å². The molecule has 0 radical (unpaired) electrons. The Balaban J connectivity index is 1.65. The summed E-state index contributed by atoms with van der Waals surface area (Å²) in [6.07, 6.45) is 3.53. The van der Waals surface area contributed by atoms with Crippen molar-refractivity contribution in [3.63, 3.8) is 0 Å². The molecule has 0 aliphatic heterocycles. The molecular weight excluding hydrogens is 264 g/mol. The molecule has 2 aromatic carbocycles. The Morgan fingerprint density at radius 3 is 2.33 bits per heavy atom. The quantitative estimate of drug-likeness (QED) is 0.442. The number of hydrogen-bond donors (Lipinski definition) is 0. The van der Waals surface area contributed by atoms with Crippen molar-refractivity contribution in [3.05, 3.63) is 71.3 Å². The zero-order valence-corrected chi connectivity index (χ0v) is 11.8. The largest absolute Gasteiger partial charge is 0.462 e. The highest BCUT2D eigenvalue weighted by Gasteiger charge is 2.05. The molecule has 2 rings (SSSR count). The van der Waals surface area contributed by atoms with E-state index in [0.717, 1.165) is 25.5 Å². The minimum absolute atomic E-state index is 0.272. The molecule has 0 N–H and O–H groups in total. The van der Waals surface area contributed by atoms with Crippen molar-refractivity contribution in [3.8, 4) is 0 Å². The van der Waals surface area contributed by atoms with Crippen molar-refractivity contribution in [2.75, 3.05) is 6.61 Å². The van der Waals surface area contributed by atoms with Gasteiger partial charge < -0.3 is 4.74 Å². The van der Waals surface area contributed by atoms with Crippen LogP contribution in [0.3, 0.4) is 0 Å². The molecule has 0 heterocycles. The first-order valence-electron chi connectivity index (χ1n) is 7.06. The highest BCUT2D eigenvalue weighted by atomic mass is 16.5. The SMILES string of the molecule is O=Cc1ccc(CCCCOC(=O)c2ccccc2)cc1. The summed E-state index contributed by atoms with van der Waals surface area (Å²) in [7, 11) is 0. The van der Waals surface area contributed by atoms with Gasteiger partial charge in [0.05, 0.1) is 12.2 Å². The predicted molar refractivity (Wildman–Crippen MR) is 81.5 cm³/mol. The third kappa shape index (κ3) is 4.88. The number of carbonyl (C=O) groups is 2. The van der Waals surface area contributed by atoms with Crippen LogP contribution in [0.25, 0.3) is 0 Å². The maximum absolute atomic E-state index is 11.7. The summed E-state index contributed by atoms with van der Waals surface area (Å²) in [4.78, 5) is 22.2. The molecule has 0 amide bonds. The number of hydrogen-bond acceptors (Lipinski definition) is 3. The molecule has 108 valence electrons. The van der Waals surface area contributed by atoms with Gasteiger partial charge >= 0.3 is 5.97 Å². The van der Waals surface area contributed by atoms with Gasteiger partial charge in [-0.25, -0.2) is 4.79 Å². The lowest BCUT2D eigenvalue weighted by atomic mass is 10.1. The molecule has 3 heteroatoms. The molecule has 0 aliphatic carbocycles. The van der Waals surface area contributed by atoms with Crippen LogP contribution in [0, 0.1) is 0 Å². The summed E-state index contributed by atoms with van der Waals surface area (Å²) >= 11 is 0. The summed E-state index contributed by atoms with van der Waals surface area (Å²) in [5, 5.41) is 0. The molecule has 0 spiro atoms. The zero-order valence-electron chi connectivity index (χ0n) is 11.8. The Morgan fingerprint density at radius 2 is 1.67 bits per heavy atom. The van der Waals surface area contributed by atoms with Crippen LogP contribution < -0.4 is 0 Å². The fourth-order valence-electron chi connectivity index (χ4n) is 2.02. The number of unbranched alkanes of at least 4 members (excludes halogenated alkanes) is 1. The third-order valence-corrected chi connectivity index (χ3v) is 3.22. The predicted octanol–water partition coefficient (Wildman–Crippen LogP) is 3.68. The molecule has 0 saturated carbocycles. The van der Waals surface area contributed by atoms with Gasteiger partial charge in [0.1, 0.15) is 6.29 Å². The smallest absolute Gasteiger partial charge is 0.338 e. The number of benzene rings is 2. The van der Waals surface area contributed by atoms with Gasteiger partial charge in [-0.1, -0.05) is 42.5 Å². The van der Waals surface area contributed by atoms with Gasteiger partial charge in [-0.15, -0.1) is 0 Å². The minimum Gasteiger partial charge on any atom is -0.462 e. The van der Waals surface area contributed by atoms with Crippen LogP contribution in [0.2, 0.25) is 0 Å². The number of aldehydes is 1. The van der Waals surface area contributed by atoms with Gasteiger partial charge in [-0.3, -0.25) is 4.79 Å². The first kappa shape index (κ1) is 15.0. The van der Waals surface area contributed by atoms with Crippen molar-refractivity contribution >= 4 is 12.3 Å². The molecule has 3 nitrogen and oxygen atoms in total. The van der Waals surface area contributed by atoms with Gasteiger partial charge in [0.2, 0.25) is 0 Å². The van der Waals surface area contributed by atoms with Crippen LogP contribution >= 0.6 is 0 Å². The number of carbonyl (C=O) groups excluding carboxylic acids is 2. The molecule has 0 unspecified atom stereocenters. The molecule has 0 aromatic heterocycles. The van der Waals surface area contributed by atoms with Crippen LogP contribution in [-0.2, 0) is 11.2 Å². The molecule has 0 fully saturated rings. The second kappa shape index (κ2) is 8.00. The van der Waals surface area contributed by atoms with E-state index in [1.165, 1.54) is 5.56 Å². The van der Waals surface area contributed by atoms with Gasteiger partial charge in [-0.2, -0.15) is 0 Å². The summed E-state index contributed by atoms with van der Waals surface area (Å²) in [6, 6.07) is 16.6. The molecule has 2 aromatic rings. The fourth-order valence-corrected chi connectivity index (χ4v) is 2.02. The maximum atomic E-state index is 11.7. The molecule has 0 bridgehead atoms. The van der Waals surface area contributed by atoms with E-state index in [0.29, 0.717) is 17.7 Å². The molecule has 21 heavy (non-hydrogen) atoms. The average molecular weight is 282 g/mol. The maximum Gasteiger partial charge on any atom is 0.338 e. The van der Waals surface area contributed by atoms with Crippen molar-refractivity contribution in [1.82, 2.24) is 0 Å². The number of ether oxygens (including phenoxy) is 1. The highest BCUT2D eigenvalue weighted by Crippen LogP contribution is 2.08. The van der Waals surface area contributed by atoms with Crippen molar-refractivity contribution in [2.45, 2.75) is 19.3 Å². The molecule has 0 atom stereocenters. The number of aryl methyl sites for hydroxylation is 1. The van der Waals surface area contributed by atoms with Crippen LogP contribution in [0.1, 0.15) is 39.1 Å². The summed E-state index contributed by atoms with van der Waals surface area (Å²) < 4.78 is 5.22. The van der Waals surface area contributed by atoms with Gasteiger partial charge in [0, 0.05) is 5.56 Å². The normalized spacial score (nSPS) is 10.1. The number of esters is 1. The third-order valence-electron chi connectivity index (χ3n) is 3.22. The van der Waals surface area contributed by atoms with E-state index in [-0.39, 0.29) is 5.97 Å². The Hall–Kier alpha value is -2.42. The van der Waals surface area contributed by atoms with Crippen LogP contribution in [0.4, 0.5) is 0 Å². The summed E-state index contributed by atoms with van der Waals surface area (Å²) in [6.45, 7) is 0.431. The fraction of sp³-hybridized carbons (Fsp3) is 0.222. The monoisotopic (exact) mass is 282 g/mol. The number of rotatable bonds is 7. The Morgan fingerprint density at radius 1 is 0.952 bits per heavy atom. The van der Waals surface area contributed by atoms with E-state index in [9.17, 15) is 9.59 Å². The molecular formula is C18H18O3. The average Bonchev–Trinajstić information content (AvgIpc) is 2.55. The zero-order chi connectivity index (χ0) is 14.9. The van der Waals surface area contributed by atoms with E-state index in [4.69, 9.17) is 4.74 Å². The summed E-state index contributed by atoms with van der Waals surface area (Å²) in [5.41, 5.74) is 2.47. The Bertz CT molecular complexity index is 573. The van der Waals surface area contributed by atoms with Crippen LogP contribution in [0.5, 0.6) is 0 Å². The Kier molecular flexibility index (Phi) is 5.71. The Labute approximate surface area is 124 Å². The van der Waals surface area contributed by atoms with Crippen LogP contribution in [-0.4, -0.2) is 18.9 Å².